The Kier molecular flexibility index (Phi) is 8.43. The highest BCUT2D eigenvalue weighted by molar-refractivity contribution is 14.0. The molecule has 0 fully saturated rings. The lowest BCUT2D eigenvalue weighted by Gasteiger charge is -2.09. The van der Waals surface area contributed by atoms with Gasteiger partial charge >= 0.3 is 0 Å². The second kappa shape index (κ2) is 10.8. The molecule has 2 aromatic heterocycles. The smallest absolute Gasteiger partial charge is 0.191 e. The van der Waals surface area contributed by atoms with Crippen molar-refractivity contribution < 1.29 is 9.26 Å². The molecule has 0 radical (unpaired) electrons. The van der Waals surface area contributed by atoms with Crippen molar-refractivity contribution in [2.45, 2.75) is 32.9 Å². The van der Waals surface area contributed by atoms with Crippen LogP contribution < -0.4 is 15.4 Å². The van der Waals surface area contributed by atoms with E-state index in [9.17, 15) is 0 Å². The van der Waals surface area contributed by atoms with Gasteiger partial charge in [0, 0.05) is 18.7 Å². The van der Waals surface area contributed by atoms with Crippen LogP contribution in [0.1, 0.15) is 37.0 Å². The number of rotatable bonds is 7. The van der Waals surface area contributed by atoms with Gasteiger partial charge in [0.25, 0.3) is 0 Å². The van der Waals surface area contributed by atoms with E-state index in [0.717, 1.165) is 22.8 Å². The molecule has 0 saturated carbocycles. The molecule has 3 aromatic rings. The van der Waals surface area contributed by atoms with E-state index < -0.39 is 0 Å². The number of halogens is 1. The van der Waals surface area contributed by atoms with Crippen molar-refractivity contribution in [3.63, 3.8) is 0 Å². The molecule has 3 rings (SSSR count). The minimum atomic E-state index is 0. The Morgan fingerprint density at radius 3 is 2.55 bits per heavy atom. The number of hydrogen-bond acceptors (Lipinski definition) is 6. The fourth-order valence-electron chi connectivity index (χ4n) is 2.49. The van der Waals surface area contributed by atoms with Crippen molar-refractivity contribution >= 4 is 29.9 Å². The average Bonchev–Trinajstić information content (AvgIpc) is 3.38. The summed E-state index contributed by atoms with van der Waals surface area (Å²) in [4.78, 5) is 8.70. The largest absolute Gasteiger partial charge is 0.497 e. The molecule has 1 aromatic carbocycles. The normalized spacial score (nSPS) is 11.3. The van der Waals surface area contributed by atoms with Crippen LogP contribution >= 0.6 is 24.0 Å². The molecular formula is C19H26IN7O2. The van der Waals surface area contributed by atoms with Crippen LogP contribution in [0.4, 0.5) is 0 Å². The first kappa shape index (κ1) is 22.7. The summed E-state index contributed by atoms with van der Waals surface area (Å²) in [6.45, 7) is 5.10. The number of aromatic amines is 1. The van der Waals surface area contributed by atoms with Gasteiger partial charge in [-0.05, 0) is 30.2 Å². The summed E-state index contributed by atoms with van der Waals surface area (Å²) in [5, 5.41) is 17.6. The van der Waals surface area contributed by atoms with Crippen LogP contribution in [0, 0.1) is 0 Å². The zero-order valence-electron chi connectivity index (χ0n) is 16.9. The van der Waals surface area contributed by atoms with Crippen molar-refractivity contribution in [1.82, 2.24) is 31.0 Å². The maximum atomic E-state index is 5.32. The first-order valence-corrected chi connectivity index (χ1v) is 9.04. The van der Waals surface area contributed by atoms with Gasteiger partial charge in [-0.3, -0.25) is 10.1 Å². The van der Waals surface area contributed by atoms with Gasteiger partial charge in [0.2, 0.25) is 0 Å². The van der Waals surface area contributed by atoms with Crippen LogP contribution in [0.3, 0.4) is 0 Å². The molecule has 0 aliphatic heterocycles. The van der Waals surface area contributed by atoms with Crippen LogP contribution in [-0.4, -0.2) is 40.5 Å². The summed E-state index contributed by atoms with van der Waals surface area (Å²) in [6, 6.07) is 9.54. The maximum Gasteiger partial charge on any atom is 0.191 e. The number of aromatic nitrogens is 4. The standard InChI is InChI=1S/C19H25N7O2.HI/c1-12(2)16-9-15(28-26-16)10-21-19(20-3)22-11-17-23-18(25-24-17)13-5-7-14(27-4)8-6-13;/h5-9,12H,10-11H2,1-4H3,(H2,20,21,22)(H,23,24,25);1H. The number of benzene rings is 1. The van der Waals surface area contributed by atoms with Crippen LogP contribution in [0.5, 0.6) is 5.75 Å². The van der Waals surface area contributed by atoms with Crippen LogP contribution in [0.25, 0.3) is 11.4 Å². The summed E-state index contributed by atoms with van der Waals surface area (Å²) in [5.41, 5.74) is 1.85. The molecule has 156 valence electrons. The van der Waals surface area contributed by atoms with E-state index in [1.54, 1.807) is 14.2 Å². The van der Waals surface area contributed by atoms with E-state index in [-0.39, 0.29) is 24.0 Å². The Labute approximate surface area is 186 Å². The molecule has 0 bridgehead atoms. The van der Waals surface area contributed by atoms with Gasteiger partial charge in [-0.2, -0.15) is 5.10 Å². The van der Waals surface area contributed by atoms with Crippen molar-refractivity contribution in [3.05, 3.63) is 47.6 Å². The van der Waals surface area contributed by atoms with Crippen LogP contribution in [0.2, 0.25) is 0 Å². The molecule has 0 amide bonds. The summed E-state index contributed by atoms with van der Waals surface area (Å²) < 4.78 is 10.5. The number of guanidine groups is 1. The van der Waals surface area contributed by atoms with Crippen LogP contribution in [0.15, 0.2) is 39.8 Å². The lowest BCUT2D eigenvalue weighted by atomic mass is 10.1. The van der Waals surface area contributed by atoms with Crippen molar-refractivity contribution in [2.24, 2.45) is 4.99 Å². The summed E-state index contributed by atoms with van der Waals surface area (Å²) >= 11 is 0. The fraction of sp³-hybridized carbons (Fsp3) is 0.368. The second-order valence-electron chi connectivity index (χ2n) is 6.49. The molecule has 0 saturated heterocycles. The van der Waals surface area contributed by atoms with Crippen molar-refractivity contribution in [3.8, 4) is 17.1 Å². The van der Waals surface area contributed by atoms with Crippen molar-refractivity contribution in [1.29, 1.82) is 0 Å². The molecule has 9 nitrogen and oxygen atoms in total. The Balaban J connectivity index is 0.00000300. The second-order valence-corrected chi connectivity index (χ2v) is 6.49. The molecular weight excluding hydrogens is 485 g/mol. The monoisotopic (exact) mass is 511 g/mol. The highest BCUT2D eigenvalue weighted by Crippen LogP contribution is 2.19. The minimum absolute atomic E-state index is 0. The zero-order valence-corrected chi connectivity index (χ0v) is 19.2. The van der Waals surface area contributed by atoms with E-state index in [1.807, 2.05) is 30.3 Å². The summed E-state index contributed by atoms with van der Waals surface area (Å²) in [7, 11) is 3.34. The van der Waals surface area contributed by atoms with Gasteiger partial charge in [0.1, 0.15) is 11.6 Å². The fourth-order valence-corrected chi connectivity index (χ4v) is 2.49. The van der Waals surface area contributed by atoms with Crippen LogP contribution in [-0.2, 0) is 13.1 Å². The number of H-pyrrole nitrogens is 1. The Bertz CT molecular complexity index is 919. The highest BCUT2D eigenvalue weighted by Gasteiger charge is 2.09. The van der Waals surface area contributed by atoms with Gasteiger partial charge in [-0.1, -0.05) is 19.0 Å². The molecule has 0 spiro atoms. The highest BCUT2D eigenvalue weighted by atomic mass is 127. The van der Waals surface area contributed by atoms with E-state index in [4.69, 9.17) is 9.26 Å². The Morgan fingerprint density at radius 1 is 1.21 bits per heavy atom. The lowest BCUT2D eigenvalue weighted by Crippen LogP contribution is -2.36. The number of aliphatic imine (C=N–C) groups is 1. The molecule has 0 atom stereocenters. The number of ether oxygens (including phenoxy) is 1. The summed E-state index contributed by atoms with van der Waals surface area (Å²) in [6.07, 6.45) is 0. The topological polar surface area (TPSA) is 113 Å². The molecule has 3 N–H and O–H groups in total. The zero-order chi connectivity index (χ0) is 19.9. The molecule has 0 aliphatic rings. The molecule has 29 heavy (non-hydrogen) atoms. The lowest BCUT2D eigenvalue weighted by molar-refractivity contribution is 0.372. The molecule has 10 heteroatoms. The molecule has 0 unspecified atom stereocenters. The number of nitrogens with one attached hydrogen (secondary N) is 3. The third-order valence-electron chi connectivity index (χ3n) is 4.13. The van der Waals surface area contributed by atoms with Gasteiger partial charge in [-0.25, -0.2) is 4.98 Å². The number of hydrogen-bond donors (Lipinski definition) is 3. The third kappa shape index (κ3) is 6.17. The predicted octanol–water partition coefficient (Wildman–Crippen LogP) is 3.07. The van der Waals surface area contributed by atoms with Gasteiger partial charge in [0.15, 0.2) is 17.5 Å². The quantitative estimate of drug-likeness (QED) is 0.254. The van der Waals surface area contributed by atoms with E-state index >= 15 is 0 Å². The number of nitrogens with zero attached hydrogens (tertiary/aromatic N) is 4. The minimum Gasteiger partial charge on any atom is -0.497 e. The summed E-state index contributed by atoms with van der Waals surface area (Å²) in [5.74, 6) is 3.85. The van der Waals surface area contributed by atoms with E-state index in [2.05, 4.69) is 49.8 Å². The maximum absolute atomic E-state index is 5.32. The molecule has 2 heterocycles. The SMILES string of the molecule is CN=C(NCc1nc(-c2ccc(OC)cc2)n[nH]1)NCc1cc(C(C)C)no1.I. The first-order chi connectivity index (χ1) is 13.6. The van der Waals surface area contributed by atoms with Gasteiger partial charge in [0.05, 0.1) is 25.9 Å². The third-order valence-corrected chi connectivity index (χ3v) is 4.13. The van der Waals surface area contributed by atoms with E-state index in [0.29, 0.717) is 36.6 Å². The Hall–Kier alpha value is -2.63. The van der Waals surface area contributed by atoms with Crippen molar-refractivity contribution in [2.75, 3.05) is 14.2 Å². The first-order valence-electron chi connectivity index (χ1n) is 9.04. The predicted molar refractivity (Wildman–Crippen MR) is 121 cm³/mol. The van der Waals surface area contributed by atoms with Gasteiger partial charge in [-0.15, -0.1) is 24.0 Å². The number of methoxy groups -OCH3 is 1. The Morgan fingerprint density at radius 2 is 1.93 bits per heavy atom. The average molecular weight is 511 g/mol. The van der Waals surface area contributed by atoms with Gasteiger partial charge < -0.3 is 19.9 Å². The molecule has 0 aliphatic carbocycles. The van der Waals surface area contributed by atoms with E-state index in [1.165, 1.54) is 0 Å².